The standard InChI is InChI=1S/C30H37N7O2/c1-6-16-36-28(38)26-20-31-29(33-27(26)37(36)25-9-7-8-21(19-25)30(2,3)39)32-22-10-12-24(13-11-22)35-17-14-23(15-18-35)34(4)5/h6-13,19-20,23,39H,1,14-18H2,2-5H3,(H,31,32,33). The van der Waals surface area contributed by atoms with Gasteiger partial charge in [0.1, 0.15) is 5.39 Å². The Kier molecular flexibility index (Phi) is 7.29. The lowest BCUT2D eigenvalue weighted by Crippen LogP contribution is -2.41. The van der Waals surface area contributed by atoms with Crippen molar-refractivity contribution in [3.8, 4) is 5.69 Å². The zero-order valence-corrected chi connectivity index (χ0v) is 23.1. The van der Waals surface area contributed by atoms with Crippen molar-refractivity contribution in [2.45, 2.75) is 44.9 Å². The van der Waals surface area contributed by atoms with Gasteiger partial charge in [-0.15, -0.1) is 6.58 Å². The molecule has 204 valence electrons. The van der Waals surface area contributed by atoms with Crippen LogP contribution >= 0.6 is 0 Å². The second-order valence-electron chi connectivity index (χ2n) is 10.9. The molecule has 4 aromatic rings. The third kappa shape index (κ3) is 5.46. The molecule has 2 aromatic heterocycles. The van der Waals surface area contributed by atoms with Crippen molar-refractivity contribution in [1.29, 1.82) is 0 Å². The molecule has 0 bridgehead atoms. The topological polar surface area (TPSA) is 91.5 Å². The van der Waals surface area contributed by atoms with Crippen LogP contribution in [0, 0.1) is 0 Å². The van der Waals surface area contributed by atoms with Crippen LogP contribution in [0.2, 0.25) is 0 Å². The molecule has 2 N–H and O–H groups in total. The van der Waals surface area contributed by atoms with E-state index in [0.717, 1.165) is 42.9 Å². The smallest absolute Gasteiger partial charge is 0.278 e. The van der Waals surface area contributed by atoms with Crippen LogP contribution in [0.5, 0.6) is 0 Å². The van der Waals surface area contributed by atoms with Gasteiger partial charge in [-0.1, -0.05) is 18.2 Å². The summed E-state index contributed by atoms with van der Waals surface area (Å²) in [5.41, 5.74) is 2.77. The summed E-state index contributed by atoms with van der Waals surface area (Å²) in [4.78, 5) is 27.2. The maximum absolute atomic E-state index is 13.2. The molecular formula is C30H37N7O2. The van der Waals surface area contributed by atoms with E-state index in [1.807, 2.05) is 36.4 Å². The van der Waals surface area contributed by atoms with Gasteiger partial charge in [-0.25, -0.2) is 14.3 Å². The first-order valence-corrected chi connectivity index (χ1v) is 13.4. The van der Waals surface area contributed by atoms with Crippen LogP contribution in [0.1, 0.15) is 32.3 Å². The first-order chi connectivity index (χ1) is 18.7. The summed E-state index contributed by atoms with van der Waals surface area (Å²) in [6, 6.07) is 16.4. The van der Waals surface area contributed by atoms with Gasteiger partial charge < -0.3 is 20.2 Å². The van der Waals surface area contributed by atoms with Gasteiger partial charge in [-0.3, -0.25) is 4.79 Å². The number of piperidine rings is 1. The number of aromatic nitrogens is 4. The van der Waals surface area contributed by atoms with Crippen LogP contribution in [-0.2, 0) is 12.1 Å². The molecule has 1 aliphatic rings. The number of nitrogens with zero attached hydrogens (tertiary/aromatic N) is 6. The van der Waals surface area contributed by atoms with E-state index in [2.05, 4.69) is 52.9 Å². The Morgan fingerprint density at radius 2 is 1.85 bits per heavy atom. The molecule has 0 spiro atoms. The largest absolute Gasteiger partial charge is 0.386 e. The molecule has 39 heavy (non-hydrogen) atoms. The Hall–Kier alpha value is -3.95. The van der Waals surface area contributed by atoms with Gasteiger partial charge in [0.25, 0.3) is 5.56 Å². The quantitative estimate of drug-likeness (QED) is 0.331. The van der Waals surface area contributed by atoms with Crippen LogP contribution < -0.4 is 15.8 Å². The maximum Gasteiger partial charge on any atom is 0.278 e. The second kappa shape index (κ2) is 10.7. The van der Waals surface area contributed by atoms with Gasteiger partial charge in [0, 0.05) is 36.7 Å². The normalized spacial score (nSPS) is 14.8. The lowest BCUT2D eigenvalue weighted by molar-refractivity contribution is 0.0786. The molecule has 5 rings (SSSR count). The number of aliphatic hydroxyl groups is 1. The van der Waals surface area contributed by atoms with E-state index in [1.54, 1.807) is 35.5 Å². The van der Waals surface area contributed by atoms with Crippen molar-refractivity contribution in [3.05, 3.63) is 83.3 Å². The molecule has 0 amide bonds. The summed E-state index contributed by atoms with van der Waals surface area (Å²) in [6.07, 6.45) is 5.56. The van der Waals surface area contributed by atoms with E-state index in [9.17, 15) is 9.90 Å². The molecule has 1 aliphatic heterocycles. The van der Waals surface area contributed by atoms with Gasteiger partial charge in [-0.05, 0) is 82.7 Å². The summed E-state index contributed by atoms with van der Waals surface area (Å²) >= 11 is 0. The fourth-order valence-corrected chi connectivity index (χ4v) is 5.18. The number of allylic oxidation sites excluding steroid dienone is 1. The van der Waals surface area contributed by atoms with Crippen molar-refractivity contribution in [2.24, 2.45) is 0 Å². The fourth-order valence-electron chi connectivity index (χ4n) is 5.18. The number of nitrogens with one attached hydrogen (secondary N) is 1. The number of anilines is 3. The van der Waals surface area contributed by atoms with Gasteiger partial charge in [0.05, 0.1) is 17.8 Å². The van der Waals surface area contributed by atoms with E-state index in [-0.39, 0.29) is 5.56 Å². The lowest BCUT2D eigenvalue weighted by Gasteiger charge is -2.36. The molecule has 0 aliphatic carbocycles. The predicted octanol–water partition coefficient (Wildman–Crippen LogP) is 4.27. The van der Waals surface area contributed by atoms with E-state index in [1.165, 1.54) is 5.69 Å². The highest BCUT2D eigenvalue weighted by Gasteiger charge is 2.22. The summed E-state index contributed by atoms with van der Waals surface area (Å²) in [5, 5.41) is 14.3. The zero-order valence-electron chi connectivity index (χ0n) is 23.1. The number of rotatable bonds is 8. The van der Waals surface area contributed by atoms with Crippen LogP contribution in [0.15, 0.2) is 72.2 Å². The van der Waals surface area contributed by atoms with E-state index >= 15 is 0 Å². The zero-order chi connectivity index (χ0) is 27.7. The maximum atomic E-state index is 13.2. The van der Waals surface area contributed by atoms with Crippen molar-refractivity contribution in [1.82, 2.24) is 24.2 Å². The Labute approximate surface area is 229 Å². The minimum atomic E-state index is -1.03. The van der Waals surface area contributed by atoms with Crippen molar-refractivity contribution >= 4 is 28.4 Å². The number of hydrogen-bond acceptors (Lipinski definition) is 7. The highest BCUT2D eigenvalue weighted by Crippen LogP contribution is 2.26. The lowest BCUT2D eigenvalue weighted by atomic mass is 9.98. The molecule has 3 heterocycles. The van der Waals surface area contributed by atoms with Crippen LogP contribution in [0.4, 0.5) is 17.3 Å². The molecule has 0 radical (unpaired) electrons. The molecule has 0 saturated carbocycles. The molecule has 1 saturated heterocycles. The molecule has 9 heteroatoms. The molecular weight excluding hydrogens is 490 g/mol. The summed E-state index contributed by atoms with van der Waals surface area (Å²) in [5.74, 6) is 0.394. The first-order valence-electron chi connectivity index (χ1n) is 13.4. The molecule has 0 atom stereocenters. The average Bonchev–Trinajstić information content (AvgIpc) is 3.19. The number of benzene rings is 2. The van der Waals surface area contributed by atoms with E-state index in [4.69, 9.17) is 4.98 Å². The Morgan fingerprint density at radius 1 is 1.13 bits per heavy atom. The van der Waals surface area contributed by atoms with Gasteiger partial charge in [-0.2, -0.15) is 4.98 Å². The third-order valence-corrected chi connectivity index (χ3v) is 7.46. The first kappa shape index (κ1) is 26.6. The Morgan fingerprint density at radius 3 is 2.49 bits per heavy atom. The van der Waals surface area contributed by atoms with E-state index in [0.29, 0.717) is 29.6 Å². The minimum Gasteiger partial charge on any atom is -0.386 e. The Bertz CT molecular complexity index is 1520. The van der Waals surface area contributed by atoms with Crippen LogP contribution in [-0.4, -0.2) is 62.6 Å². The van der Waals surface area contributed by atoms with Gasteiger partial charge >= 0.3 is 0 Å². The molecule has 0 unspecified atom stereocenters. The predicted molar refractivity (Wildman–Crippen MR) is 157 cm³/mol. The molecule has 1 fully saturated rings. The average molecular weight is 528 g/mol. The van der Waals surface area contributed by atoms with Crippen LogP contribution in [0.25, 0.3) is 16.7 Å². The molecule has 9 nitrogen and oxygen atoms in total. The molecule has 2 aromatic carbocycles. The summed E-state index contributed by atoms with van der Waals surface area (Å²) in [7, 11) is 4.31. The van der Waals surface area contributed by atoms with Crippen molar-refractivity contribution in [2.75, 3.05) is 37.4 Å². The van der Waals surface area contributed by atoms with E-state index < -0.39 is 5.60 Å². The van der Waals surface area contributed by atoms with Crippen LogP contribution in [0.3, 0.4) is 0 Å². The van der Waals surface area contributed by atoms with Gasteiger partial charge in [0.2, 0.25) is 5.95 Å². The second-order valence-corrected chi connectivity index (χ2v) is 10.9. The monoisotopic (exact) mass is 527 g/mol. The highest BCUT2D eigenvalue weighted by atomic mass is 16.3. The van der Waals surface area contributed by atoms with Gasteiger partial charge in [0.15, 0.2) is 5.65 Å². The van der Waals surface area contributed by atoms with Crippen molar-refractivity contribution < 1.29 is 5.11 Å². The fraction of sp³-hybridized carbons (Fsp3) is 0.367. The Balaban J connectivity index is 1.44. The van der Waals surface area contributed by atoms with Crippen molar-refractivity contribution in [3.63, 3.8) is 0 Å². The SMILES string of the molecule is C=CCn1c(=O)c2cnc(Nc3ccc(N4CCC(N(C)C)CC4)cc3)nc2n1-c1cccc(C(C)(C)O)c1. The third-order valence-electron chi connectivity index (χ3n) is 7.46. The number of hydrogen-bond donors (Lipinski definition) is 2. The summed E-state index contributed by atoms with van der Waals surface area (Å²) in [6.45, 7) is 9.68. The highest BCUT2D eigenvalue weighted by molar-refractivity contribution is 5.77. The number of fused-ring (bicyclic) bond motifs is 1. The summed E-state index contributed by atoms with van der Waals surface area (Å²) < 4.78 is 3.34. The minimum absolute atomic E-state index is 0.201.